The van der Waals surface area contributed by atoms with E-state index in [1.807, 2.05) is 0 Å². The second-order valence-corrected chi connectivity index (χ2v) is 5.80. The predicted molar refractivity (Wildman–Crippen MR) is 94.1 cm³/mol. The fraction of sp³-hybridized carbons (Fsp3) is 0.0500. The summed E-state index contributed by atoms with van der Waals surface area (Å²) in [5.41, 5.74) is -1.04. The van der Waals surface area contributed by atoms with E-state index in [9.17, 15) is 30.7 Å². The van der Waals surface area contributed by atoms with E-state index in [-0.39, 0.29) is 31.5 Å². The number of aromatic nitrogens is 4. The number of nitrogens with zero attached hydrogens (tertiary/aromatic N) is 4. The van der Waals surface area contributed by atoms with Crippen LogP contribution in [0, 0.1) is 29.3 Å². The molecule has 4 rings (SSSR count). The summed E-state index contributed by atoms with van der Waals surface area (Å²) in [6.45, 7) is 0. The Morgan fingerprint density at radius 1 is 0.781 bits per heavy atom. The molecule has 4 nitrogen and oxygen atoms in total. The van der Waals surface area contributed by atoms with Crippen molar-refractivity contribution in [2.24, 2.45) is 0 Å². The maximum absolute atomic E-state index is 13.3. The van der Waals surface area contributed by atoms with Crippen molar-refractivity contribution in [2.45, 2.75) is 6.18 Å². The predicted octanol–water partition coefficient (Wildman–Crippen LogP) is 5.22. The molecule has 4 aromatic rings. The van der Waals surface area contributed by atoms with Crippen LogP contribution in [0.3, 0.4) is 0 Å². The number of pyridine rings is 2. The molecule has 0 aliphatic carbocycles. The first-order valence-electron chi connectivity index (χ1n) is 8.34. The minimum absolute atomic E-state index is 0. The summed E-state index contributed by atoms with van der Waals surface area (Å²) < 4.78 is 88.2. The van der Waals surface area contributed by atoms with Crippen molar-refractivity contribution in [1.82, 2.24) is 20.2 Å². The van der Waals surface area contributed by atoms with Gasteiger partial charge in [0.1, 0.15) is 17.3 Å². The van der Waals surface area contributed by atoms with Gasteiger partial charge in [0.25, 0.3) is 0 Å². The Bertz CT molecular complexity index is 1170. The van der Waals surface area contributed by atoms with E-state index in [2.05, 4.69) is 20.2 Å². The largest absolute Gasteiger partial charge is 0.573 e. The summed E-state index contributed by atoms with van der Waals surface area (Å²) in [6.07, 6.45) is -1.65. The minimum Gasteiger partial charge on any atom is -0.573 e. The first-order valence-corrected chi connectivity index (χ1v) is 8.34. The van der Waals surface area contributed by atoms with Crippen molar-refractivity contribution >= 4 is 0 Å². The summed E-state index contributed by atoms with van der Waals surface area (Å²) >= 11 is 0. The first-order chi connectivity index (χ1) is 14.7. The van der Waals surface area contributed by atoms with Gasteiger partial charge in [0, 0.05) is 38.2 Å². The number of benzene rings is 1. The van der Waals surface area contributed by atoms with Gasteiger partial charge in [-0.3, -0.25) is 13.8 Å². The third-order valence-corrected chi connectivity index (χ3v) is 3.71. The molecule has 0 aliphatic heterocycles. The molecule has 0 N–H and O–H groups in total. The van der Waals surface area contributed by atoms with Crippen molar-refractivity contribution in [3.05, 3.63) is 89.9 Å². The van der Waals surface area contributed by atoms with E-state index in [0.29, 0.717) is 5.69 Å². The maximum Gasteiger partial charge on any atom is 0.431 e. The monoisotopic (exact) mass is 631 g/mol. The van der Waals surface area contributed by atoms with Crippen LogP contribution in [0.25, 0.3) is 22.6 Å². The van der Waals surface area contributed by atoms with E-state index >= 15 is 0 Å². The third-order valence-electron chi connectivity index (χ3n) is 3.71. The molecule has 0 atom stereocenters. The number of hydrogen-bond donors (Lipinski definition) is 0. The fourth-order valence-corrected chi connectivity index (χ4v) is 2.28. The molecule has 0 unspecified atom stereocenters. The van der Waals surface area contributed by atoms with Gasteiger partial charge >= 0.3 is 6.18 Å². The fourth-order valence-electron chi connectivity index (χ4n) is 2.28. The molecular formula is C20H9F7IrN4-2. The van der Waals surface area contributed by atoms with E-state index in [1.54, 1.807) is 30.3 Å². The van der Waals surface area contributed by atoms with Crippen LogP contribution >= 0.6 is 0 Å². The molecule has 1 radical (unpaired) electrons. The summed E-state index contributed by atoms with van der Waals surface area (Å²) in [5, 5.41) is 6.47. The van der Waals surface area contributed by atoms with Crippen LogP contribution in [0.5, 0.6) is 0 Å². The quantitative estimate of drug-likeness (QED) is 0.132. The van der Waals surface area contributed by atoms with Gasteiger partial charge in [-0.2, -0.15) is 13.2 Å². The maximum atomic E-state index is 13.3. The van der Waals surface area contributed by atoms with Gasteiger partial charge in [-0.25, -0.2) is 8.78 Å². The number of hydrogen-bond acceptors (Lipinski definition) is 3. The van der Waals surface area contributed by atoms with Crippen molar-refractivity contribution in [3.8, 4) is 22.6 Å². The first kappa shape index (κ1) is 25.2. The average molecular weight is 631 g/mol. The van der Waals surface area contributed by atoms with Crippen LogP contribution in [0.2, 0.25) is 0 Å². The van der Waals surface area contributed by atoms with Crippen molar-refractivity contribution < 1.29 is 50.8 Å². The minimum atomic E-state index is -4.46. The molecule has 3 aromatic heterocycles. The normalized spacial score (nSPS) is 10.7. The number of alkyl halides is 3. The van der Waals surface area contributed by atoms with Gasteiger partial charge in [-0.1, -0.05) is 35.5 Å². The second kappa shape index (κ2) is 10.5. The van der Waals surface area contributed by atoms with Crippen LogP contribution in [0.15, 0.2) is 54.9 Å². The molecule has 0 aliphatic rings. The molecule has 169 valence electrons. The van der Waals surface area contributed by atoms with Crippen LogP contribution in [0.1, 0.15) is 5.69 Å². The third kappa shape index (κ3) is 5.77. The van der Waals surface area contributed by atoms with Gasteiger partial charge in [-0.15, -0.1) is 0 Å². The van der Waals surface area contributed by atoms with Gasteiger partial charge in [0.05, 0.1) is 11.6 Å². The average Bonchev–Trinajstić information content (AvgIpc) is 3.28. The Balaban J connectivity index is 0.000000220. The molecule has 3 heterocycles. The van der Waals surface area contributed by atoms with Gasteiger partial charge in [-0.05, 0) is 30.0 Å². The molecule has 12 heteroatoms. The van der Waals surface area contributed by atoms with Crippen LogP contribution < -0.4 is 5.10 Å². The number of rotatable bonds is 2. The van der Waals surface area contributed by atoms with Crippen molar-refractivity contribution in [3.63, 3.8) is 0 Å². The Labute approximate surface area is 189 Å². The Kier molecular flexibility index (Phi) is 8.23. The molecule has 0 fully saturated rings. The summed E-state index contributed by atoms with van der Waals surface area (Å²) in [6, 6.07) is 12.0. The molecule has 0 bridgehead atoms. The summed E-state index contributed by atoms with van der Waals surface area (Å²) in [7, 11) is 0. The van der Waals surface area contributed by atoms with E-state index in [1.165, 1.54) is 24.5 Å². The van der Waals surface area contributed by atoms with Crippen LogP contribution in [0.4, 0.5) is 30.7 Å². The molecule has 0 saturated carbocycles. The zero-order chi connectivity index (χ0) is 22.6. The van der Waals surface area contributed by atoms with E-state index < -0.39 is 40.7 Å². The topological polar surface area (TPSA) is 52.8 Å². The molecule has 32 heavy (non-hydrogen) atoms. The van der Waals surface area contributed by atoms with Crippen LogP contribution in [-0.2, 0) is 26.3 Å². The molecule has 0 spiro atoms. The van der Waals surface area contributed by atoms with E-state index in [0.717, 1.165) is 6.07 Å². The SMILES string of the molecule is FC(F)(F)c1cc(-c2ccccn2)[n-]n1.Fc1[c-]c(-c2ccccn2)c(F)c(F)c1F.[Ir]. The molecule has 0 saturated heterocycles. The van der Waals surface area contributed by atoms with Crippen molar-refractivity contribution in [1.29, 1.82) is 0 Å². The van der Waals surface area contributed by atoms with Crippen molar-refractivity contribution in [2.75, 3.05) is 0 Å². The van der Waals surface area contributed by atoms with Crippen LogP contribution in [-0.4, -0.2) is 15.1 Å². The second-order valence-electron chi connectivity index (χ2n) is 5.80. The molecule has 1 aromatic carbocycles. The Hall–Kier alpha value is -3.11. The van der Waals surface area contributed by atoms with Gasteiger partial charge in [0.15, 0.2) is 0 Å². The smallest absolute Gasteiger partial charge is 0.431 e. The Morgan fingerprint density at radius 2 is 1.38 bits per heavy atom. The number of halogens is 7. The summed E-state index contributed by atoms with van der Waals surface area (Å²) in [5.74, 6) is -6.81. The molecular weight excluding hydrogens is 621 g/mol. The zero-order valence-electron chi connectivity index (χ0n) is 15.5. The van der Waals surface area contributed by atoms with Gasteiger partial charge in [0.2, 0.25) is 0 Å². The molecule has 0 amide bonds. The standard InChI is InChI=1S/C11H4F4N.C9H5F3N3.Ir/c12-7-5-6(8-3-1-2-4-16-8)9(13)11(15)10(7)14;10-9(11,12)8-5-7(14-15-8)6-3-1-2-4-13-6;/h1-4H;1-5H;/q2*-1;. The van der Waals surface area contributed by atoms with E-state index in [4.69, 9.17) is 0 Å². The van der Waals surface area contributed by atoms with Gasteiger partial charge < -0.3 is 15.2 Å². The zero-order valence-corrected chi connectivity index (χ0v) is 17.9. The summed E-state index contributed by atoms with van der Waals surface area (Å²) in [4.78, 5) is 7.57. The Morgan fingerprint density at radius 3 is 1.88 bits per heavy atom.